The minimum atomic E-state index is -2.63. The molecular formula is C21H20N2O7. The quantitative estimate of drug-likeness (QED) is 0.438. The van der Waals surface area contributed by atoms with Crippen molar-refractivity contribution in [1.29, 1.82) is 0 Å². The van der Waals surface area contributed by atoms with E-state index in [1.54, 1.807) is 12.1 Å². The molecule has 9 nitrogen and oxygen atoms in total. The first kappa shape index (κ1) is 21.1. The van der Waals surface area contributed by atoms with Crippen LogP contribution in [0, 0.1) is 10.1 Å². The van der Waals surface area contributed by atoms with E-state index < -0.39 is 44.9 Å². The summed E-state index contributed by atoms with van der Waals surface area (Å²) in [6.45, 7) is 5.01. The Morgan fingerprint density at radius 1 is 1.20 bits per heavy atom. The third-order valence-corrected chi connectivity index (χ3v) is 5.09. The largest absolute Gasteiger partial charge is 0.496 e. The van der Waals surface area contributed by atoms with Gasteiger partial charge in [0.25, 0.3) is 5.69 Å². The van der Waals surface area contributed by atoms with Crippen LogP contribution in [0.4, 0.5) is 11.4 Å². The normalized spacial score (nSPS) is 17.8. The second-order valence-corrected chi connectivity index (χ2v) is 7.30. The van der Waals surface area contributed by atoms with E-state index in [2.05, 4.69) is 5.32 Å². The van der Waals surface area contributed by atoms with Gasteiger partial charge in [-0.15, -0.1) is 0 Å². The summed E-state index contributed by atoms with van der Waals surface area (Å²) in [5.41, 5.74) is -3.44. The highest BCUT2D eigenvalue weighted by Gasteiger charge is 2.56. The molecule has 2 aromatic rings. The van der Waals surface area contributed by atoms with Crippen molar-refractivity contribution in [1.82, 2.24) is 0 Å². The van der Waals surface area contributed by atoms with Gasteiger partial charge in [0.15, 0.2) is 0 Å². The lowest BCUT2D eigenvalue weighted by Crippen LogP contribution is -2.38. The first-order chi connectivity index (χ1) is 14.0. The molecule has 0 saturated carbocycles. The van der Waals surface area contributed by atoms with E-state index in [4.69, 9.17) is 4.74 Å². The number of hydrogen-bond donors (Lipinski definition) is 2. The average Bonchev–Trinajstić information content (AvgIpc) is 2.89. The lowest BCUT2D eigenvalue weighted by molar-refractivity contribution is -0.383. The third-order valence-electron chi connectivity index (χ3n) is 5.09. The molecule has 1 amide bonds. The van der Waals surface area contributed by atoms with Gasteiger partial charge in [0.1, 0.15) is 11.4 Å². The summed E-state index contributed by atoms with van der Waals surface area (Å²) < 4.78 is 5.32. The maximum atomic E-state index is 13.3. The predicted molar refractivity (Wildman–Crippen MR) is 107 cm³/mol. The molecule has 156 valence electrons. The standard InChI is InChI=1S/C21H20N2O7/c1-10(2)12-5-7-14(16(9-12)30-4)21(27)19(25)13-6-8-15(23(28)29)18(22-11(3)24)17(13)20(21)26/h5-10,27H,1-4H3,(H,22,24). The smallest absolute Gasteiger partial charge is 0.293 e. The Morgan fingerprint density at radius 2 is 1.87 bits per heavy atom. The van der Waals surface area contributed by atoms with E-state index in [9.17, 15) is 29.6 Å². The number of hydrogen-bond acceptors (Lipinski definition) is 7. The second-order valence-electron chi connectivity index (χ2n) is 7.30. The van der Waals surface area contributed by atoms with Gasteiger partial charge in [-0.25, -0.2) is 0 Å². The zero-order chi connectivity index (χ0) is 22.4. The lowest BCUT2D eigenvalue weighted by Gasteiger charge is -2.23. The highest BCUT2D eigenvalue weighted by Crippen LogP contribution is 2.46. The number of Topliss-reactive ketones (excluding diaryl/α,β-unsaturated/α-hetero) is 2. The number of amides is 1. The number of benzene rings is 2. The predicted octanol–water partition coefficient (Wildman–Crippen LogP) is 2.95. The molecule has 30 heavy (non-hydrogen) atoms. The number of nitrogens with one attached hydrogen (secondary N) is 1. The molecule has 2 aromatic carbocycles. The fourth-order valence-corrected chi connectivity index (χ4v) is 3.56. The van der Waals surface area contributed by atoms with Crippen molar-refractivity contribution in [2.24, 2.45) is 0 Å². The van der Waals surface area contributed by atoms with E-state index in [0.29, 0.717) is 0 Å². The third kappa shape index (κ3) is 3.03. The fourth-order valence-electron chi connectivity index (χ4n) is 3.56. The number of aliphatic hydroxyl groups is 1. The molecule has 0 aromatic heterocycles. The van der Waals surface area contributed by atoms with Crippen LogP contribution in [0.15, 0.2) is 30.3 Å². The maximum Gasteiger partial charge on any atom is 0.293 e. The second kappa shape index (κ2) is 7.34. The van der Waals surface area contributed by atoms with Gasteiger partial charge in [-0.3, -0.25) is 24.5 Å². The molecular weight excluding hydrogens is 392 g/mol. The van der Waals surface area contributed by atoms with Gasteiger partial charge in [0, 0.05) is 24.1 Å². The molecule has 0 spiro atoms. The highest BCUT2D eigenvalue weighted by atomic mass is 16.6. The van der Waals surface area contributed by atoms with Crippen LogP contribution in [-0.4, -0.2) is 34.6 Å². The Morgan fingerprint density at radius 3 is 2.40 bits per heavy atom. The van der Waals surface area contributed by atoms with Gasteiger partial charge in [0.2, 0.25) is 23.1 Å². The summed E-state index contributed by atoms with van der Waals surface area (Å²) in [7, 11) is 1.34. The Hall–Kier alpha value is -3.59. The minimum Gasteiger partial charge on any atom is -0.496 e. The van der Waals surface area contributed by atoms with Crippen molar-refractivity contribution in [3.8, 4) is 5.75 Å². The van der Waals surface area contributed by atoms with Crippen molar-refractivity contribution in [3.63, 3.8) is 0 Å². The Bertz CT molecular complexity index is 1110. The molecule has 0 heterocycles. The van der Waals surface area contributed by atoms with E-state index >= 15 is 0 Å². The highest BCUT2D eigenvalue weighted by molar-refractivity contribution is 6.34. The zero-order valence-corrected chi connectivity index (χ0v) is 16.8. The van der Waals surface area contributed by atoms with Gasteiger partial charge in [-0.05, 0) is 23.6 Å². The molecule has 0 bridgehead atoms. The van der Waals surface area contributed by atoms with Gasteiger partial charge < -0.3 is 15.2 Å². The van der Waals surface area contributed by atoms with Crippen LogP contribution >= 0.6 is 0 Å². The molecule has 2 N–H and O–H groups in total. The molecule has 1 aliphatic rings. The summed E-state index contributed by atoms with van der Waals surface area (Å²) in [5.74, 6) is -2.41. The van der Waals surface area contributed by atoms with Gasteiger partial charge in [0.05, 0.1) is 17.6 Å². The van der Waals surface area contributed by atoms with Crippen LogP contribution in [0.2, 0.25) is 0 Å². The van der Waals surface area contributed by atoms with Crippen LogP contribution < -0.4 is 10.1 Å². The molecule has 0 aliphatic heterocycles. The SMILES string of the molecule is COc1cc(C(C)C)ccc1C1(O)C(=O)c2ccc([N+](=O)[O-])c(NC(C)=O)c2C1=O. The van der Waals surface area contributed by atoms with Crippen molar-refractivity contribution in [2.45, 2.75) is 32.3 Å². The summed E-state index contributed by atoms with van der Waals surface area (Å²) in [5, 5.41) is 24.9. The molecule has 1 atom stereocenters. The molecule has 0 radical (unpaired) electrons. The summed E-state index contributed by atoms with van der Waals surface area (Å²) in [4.78, 5) is 48.6. The number of ether oxygens (including phenoxy) is 1. The van der Waals surface area contributed by atoms with Crippen LogP contribution in [0.1, 0.15) is 58.5 Å². The lowest BCUT2D eigenvalue weighted by atomic mass is 9.86. The topological polar surface area (TPSA) is 136 Å². The van der Waals surface area contributed by atoms with E-state index in [1.165, 1.54) is 13.2 Å². The summed E-state index contributed by atoms with van der Waals surface area (Å²) in [6.07, 6.45) is 0. The molecule has 1 unspecified atom stereocenters. The maximum absolute atomic E-state index is 13.3. The summed E-state index contributed by atoms with van der Waals surface area (Å²) >= 11 is 0. The Balaban J connectivity index is 2.27. The van der Waals surface area contributed by atoms with Gasteiger partial charge in [-0.1, -0.05) is 26.0 Å². The number of anilines is 1. The number of nitro benzene ring substituents is 1. The minimum absolute atomic E-state index is 0.0722. The monoisotopic (exact) mass is 412 g/mol. The van der Waals surface area contributed by atoms with Crippen molar-refractivity contribution in [3.05, 3.63) is 62.7 Å². The number of carbonyl (C=O) groups is 3. The number of nitro groups is 1. The molecule has 0 fully saturated rings. The van der Waals surface area contributed by atoms with Crippen LogP contribution in [0.5, 0.6) is 5.75 Å². The number of methoxy groups -OCH3 is 1. The van der Waals surface area contributed by atoms with Crippen LogP contribution in [0.25, 0.3) is 0 Å². The van der Waals surface area contributed by atoms with E-state index in [0.717, 1.165) is 24.6 Å². The first-order valence-corrected chi connectivity index (χ1v) is 9.13. The summed E-state index contributed by atoms with van der Waals surface area (Å²) in [6, 6.07) is 6.84. The van der Waals surface area contributed by atoms with Crippen LogP contribution in [0.3, 0.4) is 0 Å². The Labute approximate surface area is 171 Å². The van der Waals surface area contributed by atoms with Crippen molar-refractivity contribution < 1.29 is 29.2 Å². The molecule has 1 aliphatic carbocycles. The average molecular weight is 412 g/mol. The number of rotatable bonds is 5. The van der Waals surface area contributed by atoms with Crippen LogP contribution in [-0.2, 0) is 10.4 Å². The number of carbonyl (C=O) groups excluding carboxylic acids is 3. The Kier molecular flexibility index (Phi) is 5.17. The number of ketones is 2. The van der Waals surface area contributed by atoms with Gasteiger partial charge >= 0.3 is 0 Å². The molecule has 0 saturated heterocycles. The fraction of sp³-hybridized carbons (Fsp3) is 0.286. The number of fused-ring (bicyclic) bond motifs is 1. The van der Waals surface area contributed by atoms with Gasteiger partial charge in [-0.2, -0.15) is 0 Å². The zero-order valence-electron chi connectivity index (χ0n) is 16.8. The molecule has 9 heteroatoms. The van der Waals surface area contributed by atoms with Crippen molar-refractivity contribution >= 4 is 28.8 Å². The first-order valence-electron chi connectivity index (χ1n) is 9.13. The number of nitrogens with zero attached hydrogens (tertiary/aromatic N) is 1. The molecule has 3 rings (SSSR count). The van der Waals surface area contributed by atoms with E-state index in [-0.39, 0.29) is 22.8 Å². The van der Waals surface area contributed by atoms with Crippen molar-refractivity contribution in [2.75, 3.05) is 12.4 Å². The van der Waals surface area contributed by atoms with E-state index in [1.807, 2.05) is 13.8 Å².